The van der Waals surface area contributed by atoms with Crippen LogP contribution >= 0.6 is 0 Å². The Kier molecular flexibility index (Phi) is 14.4. The van der Waals surface area contributed by atoms with Crippen molar-refractivity contribution in [1.29, 1.82) is 0 Å². The minimum Gasteiger partial charge on any atom is -0.399 e. The Bertz CT molecular complexity index is 889. The highest BCUT2D eigenvalue weighted by atomic mass is 32.2. The first-order valence-corrected chi connectivity index (χ1v) is 15.1. The normalized spacial score (nSPS) is 11.6. The van der Waals surface area contributed by atoms with Crippen LogP contribution in [0.1, 0.15) is 110 Å². The minimum absolute atomic E-state index is 0.204. The van der Waals surface area contributed by atoms with Crippen LogP contribution in [0, 0.1) is 0 Å². The maximum atomic E-state index is 13.2. The predicted octanol–water partition coefficient (Wildman–Crippen LogP) is 7.52. The largest absolute Gasteiger partial charge is 0.399 e. The molecule has 0 aliphatic rings. The highest BCUT2D eigenvalue weighted by Crippen LogP contribution is 2.22. The van der Waals surface area contributed by atoms with Crippen molar-refractivity contribution >= 4 is 21.7 Å². The fourth-order valence-electron chi connectivity index (χ4n) is 4.32. The number of aromatic nitrogens is 2. The van der Waals surface area contributed by atoms with Gasteiger partial charge < -0.3 is 5.73 Å². The van der Waals surface area contributed by atoms with Crippen molar-refractivity contribution in [3.63, 3.8) is 0 Å². The maximum absolute atomic E-state index is 13.2. The molecule has 1 heterocycles. The number of nitrogen functional groups attached to an aromatic ring is 1. The van der Waals surface area contributed by atoms with Crippen LogP contribution in [0.25, 0.3) is 0 Å². The lowest BCUT2D eigenvalue weighted by molar-refractivity contribution is 0.529. The van der Waals surface area contributed by atoms with Crippen LogP contribution in [0.15, 0.2) is 47.6 Å². The maximum Gasteiger partial charge on any atom is 0.266 e. The van der Waals surface area contributed by atoms with Gasteiger partial charge in [-0.15, -0.1) is 0 Å². The molecule has 7 heteroatoms. The molecule has 0 amide bonds. The molecule has 2 rings (SSSR count). The van der Waals surface area contributed by atoms with Crippen molar-refractivity contribution in [1.82, 2.24) is 9.97 Å². The molecule has 0 unspecified atom stereocenters. The number of nitrogens with two attached hydrogens (primary N) is 1. The second-order valence-electron chi connectivity index (χ2n) is 9.50. The third-order valence-corrected chi connectivity index (χ3v) is 8.25. The number of unbranched alkanes of at least 4 members (excludes halogenated alkanes) is 15. The standard InChI is InChI=1S/C28H46N4O2S/c1-2-3-4-5-6-7-8-9-10-11-12-13-14-15-16-17-25-32(28-30-23-18-24-31-28)35(33,34)27-21-19-26(29)20-22-27/h18-24H,2-17,25,29H2,1H3. The molecule has 2 aromatic rings. The summed E-state index contributed by atoms with van der Waals surface area (Å²) in [5.41, 5.74) is 6.26. The summed E-state index contributed by atoms with van der Waals surface area (Å²) in [5.74, 6) is 0.213. The van der Waals surface area contributed by atoms with Gasteiger partial charge in [0.25, 0.3) is 10.0 Å². The van der Waals surface area contributed by atoms with E-state index in [1.165, 1.54) is 99.9 Å². The molecule has 0 fully saturated rings. The molecule has 0 aliphatic carbocycles. The summed E-state index contributed by atoms with van der Waals surface area (Å²) in [6, 6.07) is 7.96. The first kappa shape index (κ1) is 29.1. The molecule has 196 valence electrons. The van der Waals surface area contributed by atoms with E-state index in [-0.39, 0.29) is 10.8 Å². The number of sulfonamides is 1. The van der Waals surface area contributed by atoms with Crippen LogP contribution in [-0.4, -0.2) is 24.9 Å². The summed E-state index contributed by atoms with van der Waals surface area (Å²) >= 11 is 0. The Labute approximate surface area is 213 Å². The van der Waals surface area contributed by atoms with E-state index in [0.717, 1.165) is 19.3 Å². The van der Waals surface area contributed by atoms with Crippen LogP contribution < -0.4 is 10.0 Å². The average Bonchev–Trinajstić information content (AvgIpc) is 2.86. The predicted molar refractivity (Wildman–Crippen MR) is 147 cm³/mol. The molecule has 0 atom stereocenters. The topological polar surface area (TPSA) is 89.2 Å². The fraction of sp³-hybridized carbons (Fsp3) is 0.643. The number of hydrogen-bond acceptors (Lipinski definition) is 5. The molecule has 0 spiro atoms. The zero-order chi connectivity index (χ0) is 25.2. The number of rotatable bonds is 20. The second-order valence-corrected chi connectivity index (χ2v) is 11.4. The highest BCUT2D eigenvalue weighted by molar-refractivity contribution is 7.92. The van der Waals surface area contributed by atoms with E-state index in [4.69, 9.17) is 5.73 Å². The minimum atomic E-state index is -3.74. The summed E-state index contributed by atoms with van der Waals surface area (Å²) in [6.07, 6.45) is 23.7. The molecule has 35 heavy (non-hydrogen) atoms. The van der Waals surface area contributed by atoms with Gasteiger partial charge in [0.05, 0.1) is 4.90 Å². The molecule has 0 bridgehead atoms. The quantitative estimate of drug-likeness (QED) is 0.149. The van der Waals surface area contributed by atoms with Gasteiger partial charge in [0.2, 0.25) is 5.95 Å². The molecular weight excluding hydrogens is 456 g/mol. The molecule has 0 saturated carbocycles. The van der Waals surface area contributed by atoms with E-state index >= 15 is 0 Å². The Morgan fingerprint density at radius 1 is 0.686 bits per heavy atom. The van der Waals surface area contributed by atoms with Gasteiger partial charge in [0, 0.05) is 24.6 Å². The Morgan fingerprint density at radius 3 is 1.57 bits per heavy atom. The molecular formula is C28H46N4O2S. The van der Waals surface area contributed by atoms with Crippen LogP contribution in [0.3, 0.4) is 0 Å². The van der Waals surface area contributed by atoms with Crippen LogP contribution in [-0.2, 0) is 10.0 Å². The van der Waals surface area contributed by atoms with Crippen molar-refractivity contribution in [2.24, 2.45) is 0 Å². The number of benzene rings is 1. The number of hydrogen-bond donors (Lipinski definition) is 1. The molecule has 0 aliphatic heterocycles. The summed E-state index contributed by atoms with van der Waals surface area (Å²) in [5, 5.41) is 0. The second kappa shape index (κ2) is 17.3. The molecule has 0 saturated heterocycles. The van der Waals surface area contributed by atoms with Gasteiger partial charge in [-0.1, -0.05) is 103 Å². The summed E-state index contributed by atoms with van der Waals surface area (Å²) in [7, 11) is -3.74. The van der Waals surface area contributed by atoms with Crippen molar-refractivity contribution in [2.45, 2.75) is 115 Å². The van der Waals surface area contributed by atoms with Crippen molar-refractivity contribution in [3.05, 3.63) is 42.7 Å². The van der Waals surface area contributed by atoms with E-state index in [1.807, 2.05) is 0 Å². The first-order chi connectivity index (χ1) is 17.1. The van der Waals surface area contributed by atoms with Crippen LogP contribution in [0.5, 0.6) is 0 Å². The average molecular weight is 503 g/mol. The van der Waals surface area contributed by atoms with E-state index < -0.39 is 10.0 Å². The molecule has 1 aromatic heterocycles. The van der Waals surface area contributed by atoms with E-state index in [2.05, 4.69) is 16.9 Å². The lowest BCUT2D eigenvalue weighted by atomic mass is 10.0. The SMILES string of the molecule is CCCCCCCCCCCCCCCCCCN(c1ncccn1)S(=O)(=O)c1ccc(N)cc1. The molecule has 2 N–H and O–H groups in total. The molecule has 6 nitrogen and oxygen atoms in total. The number of nitrogens with zero attached hydrogens (tertiary/aromatic N) is 3. The highest BCUT2D eigenvalue weighted by Gasteiger charge is 2.26. The van der Waals surface area contributed by atoms with Crippen molar-refractivity contribution in [2.75, 3.05) is 16.6 Å². The van der Waals surface area contributed by atoms with Crippen molar-refractivity contribution < 1.29 is 8.42 Å². The van der Waals surface area contributed by atoms with Crippen LogP contribution in [0.2, 0.25) is 0 Å². The van der Waals surface area contributed by atoms with Gasteiger partial charge in [0.1, 0.15) is 0 Å². The third kappa shape index (κ3) is 11.4. The molecule has 1 aromatic carbocycles. The first-order valence-electron chi connectivity index (χ1n) is 13.7. The summed E-state index contributed by atoms with van der Waals surface area (Å²) in [4.78, 5) is 8.59. The van der Waals surface area contributed by atoms with Gasteiger partial charge >= 0.3 is 0 Å². The smallest absolute Gasteiger partial charge is 0.266 e. The zero-order valence-corrected chi connectivity index (χ0v) is 22.5. The van der Waals surface area contributed by atoms with Gasteiger partial charge in [-0.2, -0.15) is 0 Å². The summed E-state index contributed by atoms with van der Waals surface area (Å²) < 4.78 is 27.8. The van der Waals surface area contributed by atoms with Gasteiger partial charge in [-0.25, -0.2) is 22.7 Å². The zero-order valence-electron chi connectivity index (χ0n) is 21.7. The van der Waals surface area contributed by atoms with Gasteiger partial charge in [0.15, 0.2) is 0 Å². The molecule has 0 radical (unpaired) electrons. The number of anilines is 2. The van der Waals surface area contributed by atoms with Gasteiger partial charge in [-0.3, -0.25) is 0 Å². The fourth-order valence-corrected chi connectivity index (χ4v) is 5.73. The third-order valence-electron chi connectivity index (χ3n) is 6.46. The Balaban J connectivity index is 1.62. The summed E-state index contributed by atoms with van der Waals surface area (Å²) in [6.45, 7) is 2.64. The van der Waals surface area contributed by atoms with E-state index in [9.17, 15) is 8.42 Å². The van der Waals surface area contributed by atoms with E-state index in [1.54, 1.807) is 30.6 Å². The lowest BCUT2D eigenvalue weighted by Crippen LogP contribution is -2.33. The lowest BCUT2D eigenvalue weighted by Gasteiger charge is -2.22. The van der Waals surface area contributed by atoms with Crippen molar-refractivity contribution in [3.8, 4) is 0 Å². The monoisotopic (exact) mass is 502 g/mol. The van der Waals surface area contributed by atoms with E-state index in [0.29, 0.717) is 12.2 Å². The Morgan fingerprint density at radius 2 is 1.11 bits per heavy atom. The van der Waals surface area contributed by atoms with Gasteiger partial charge in [-0.05, 0) is 36.8 Å². The van der Waals surface area contributed by atoms with Crippen LogP contribution in [0.4, 0.5) is 11.6 Å². The Hall–Kier alpha value is -2.15.